The number of aromatic amines is 1. The van der Waals surface area contributed by atoms with Crippen molar-refractivity contribution in [2.45, 2.75) is 45.4 Å². The molecule has 0 saturated carbocycles. The number of hydrogen-bond acceptors (Lipinski definition) is 4. The fraction of sp³-hybridized carbons (Fsp3) is 0.471. The van der Waals surface area contributed by atoms with Gasteiger partial charge in [0.2, 0.25) is 0 Å². The van der Waals surface area contributed by atoms with Gasteiger partial charge in [0.1, 0.15) is 5.00 Å². The molecule has 0 atom stereocenters. The number of hydrogen-bond donors (Lipinski definition) is 3. The van der Waals surface area contributed by atoms with Crippen molar-refractivity contribution in [1.29, 1.82) is 0 Å². The van der Waals surface area contributed by atoms with Gasteiger partial charge >= 0.3 is 0 Å². The largest absolute Gasteiger partial charge is 0.355 e. The van der Waals surface area contributed by atoms with Crippen LogP contribution in [0.4, 0.5) is 5.00 Å². The zero-order chi connectivity index (χ0) is 17.3. The zero-order valence-corrected chi connectivity index (χ0v) is 15.0. The lowest BCUT2D eigenvalue weighted by atomic mass is 9.95. The normalized spacial score (nSPS) is 13.7. The standard InChI is InChI=1S/C17H22N4O2S/c1-9(2)11-8-12(21-20-11)15(22)19-17-14(16(23)18-3)10-6-4-5-7-13(10)24-17/h8-9H,4-7H2,1-3H3,(H,18,23)(H,19,22)(H,20,21). The molecule has 24 heavy (non-hydrogen) atoms. The van der Waals surface area contributed by atoms with E-state index in [1.165, 1.54) is 16.2 Å². The van der Waals surface area contributed by atoms with E-state index in [4.69, 9.17) is 0 Å². The number of rotatable bonds is 4. The van der Waals surface area contributed by atoms with Gasteiger partial charge in [0.15, 0.2) is 5.69 Å². The number of aromatic nitrogens is 2. The summed E-state index contributed by atoms with van der Waals surface area (Å²) in [6, 6.07) is 1.76. The Labute approximate surface area is 145 Å². The maximum atomic E-state index is 12.5. The van der Waals surface area contributed by atoms with Gasteiger partial charge in [-0.1, -0.05) is 13.8 Å². The second kappa shape index (κ2) is 6.76. The van der Waals surface area contributed by atoms with Crippen LogP contribution in [0.1, 0.15) is 69.6 Å². The van der Waals surface area contributed by atoms with Gasteiger partial charge in [0.25, 0.3) is 11.8 Å². The Hall–Kier alpha value is -2.15. The Kier molecular flexibility index (Phi) is 4.71. The van der Waals surface area contributed by atoms with Crippen LogP contribution in [0.2, 0.25) is 0 Å². The number of H-pyrrole nitrogens is 1. The first-order valence-electron chi connectivity index (χ1n) is 8.24. The predicted molar refractivity (Wildman–Crippen MR) is 95.0 cm³/mol. The summed E-state index contributed by atoms with van der Waals surface area (Å²) in [7, 11) is 1.61. The molecule has 6 nitrogen and oxygen atoms in total. The van der Waals surface area contributed by atoms with Crippen molar-refractivity contribution in [3.63, 3.8) is 0 Å². The highest BCUT2D eigenvalue weighted by Crippen LogP contribution is 2.38. The number of thiophene rings is 1. The van der Waals surface area contributed by atoms with Gasteiger partial charge in [-0.05, 0) is 43.2 Å². The van der Waals surface area contributed by atoms with Gasteiger partial charge in [-0.3, -0.25) is 14.7 Å². The lowest BCUT2D eigenvalue weighted by Gasteiger charge is -2.12. The molecule has 128 valence electrons. The zero-order valence-electron chi connectivity index (χ0n) is 14.2. The molecule has 0 aromatic carbocycles. The van der Waals surface area contributed by atoms with Crippen LogP contribution in [0, 0.1) is 0 Å². The highest BCUT2D eigenvalue weighted by atomic mass is 32.1. The summed E-state index contributed by atoms with van der Waals surface area (Å²) in [5.74, 6) is -0.161. The molecule has 0 saturated heterocycles. The SMILES string of the molecule is CNC(=O)c1c(NC(=O)c2cc(C(C)C)[nH]n2)sc2c1CCCC2. The minimum Gasteiger partial charge on any atom is -0.355 e. The van der Waals surface area contributed by atoms with Crippen LogP contribution in [0.3, 0.4) is 0 Å². The van der Waals surface area contributed by atoms with Gasteiger partial charge in [-0.25, -0.2) is 0 Å². The third kappa shape index (κ3) is 3.08. The highest BCUT2D eigenvalue weighted by molar-refractivity contribution is 7.17. The van der Waals surface area contributed by atoms with Crippen LogP contribution >= 0.6 is 11.3 Å². The first-order chi connectivity index (χ1) is 11.5. The van der Waals surface area contributed by atoms with E-state index in [0.717, 1.165) is 36.9 Å². The van der Waals surface area contributed by atoms with Crippen molar-refractivity contribution >= 4 is 28.2 Å². The molecule has 2 amide bonds. The molecule has 0 radical (unpaired) electrons. The molecule has 0 unspecified atom stereocenters. The summed E-state index contributed by atoms with van der Waals surface area (Å²) in [5.41, 5.74) is 2.96. The molecule has 3 rings (SSSR count). The summed E-state index contributed by atoms with van der Waals surface area (Å²) >= 11 is 1.51. The van der Waals surface area contributed by atoms with Crippen molar-refractivity contribution in [2.24, 2.45) is 0 Å². The Balaban J connectivity index is 1.89. The number of carbonyl (C=O) groups is 2. The van der Waals surface area contributed by atoms with E-state index < -0.39 is 0 Å². The van der Waals surface area contributed by atoms with Crippen LogP contribution in [0.15, 0.2) is 6.07 Å². The summed E-state index contributed by atoms with van der Waals surface area (Å²) in [5, 5.41) is 13.2. The molecule has 1 aliphatic carbocycles. The first kappa shape index (κ1) is 16.7. The van der Waals surface area contributed by atoms with E-state index in [1.54, 1.807) is 13.1 Å². The molecule has 2 aromatic heterocycles. The van der Waals surface area contributed by atoms with Gasteiger partial charge in [0.05, 0.1) is 5.56 Å². The van der Waals surface area contributed by atoms with E-state index in [9.17, 15) is 9.59 Å². The van der Waals surface area contributed by atoms with E-state index in [-0.39, 0.29) is 17.7 Å². The predicted octanol–water partition coefficient (Wildman–Crippen LogP) is 3.09. The first-order valence-corrected chi connectivity index (χ1v) is 9.06. The Morgan fingerprint density at radius 2 is 2.00 bits per heavy atom. The van der Waals surface area contributed by atoms with Crippen LogP contribution in [-0.4, -0.2) is 29.1 Å². The maximum Gasteiger partial charge on any atom is 0.276 e. The van der Waals surface area contributed by atoms with Crippen LogP contribution < -0.4 is 10.6 Å². The molecule has 2 heterocycles. The average molecular weight is 346 g/mol. The fourth-order valence-electron chi connectivity index (χ4n) is 2.93. The van der Waals surface area contributed by atoms with Gasteiger partial charge in [-0.15, -0.1) is 11.3 Å². The molecule has 0 fully saturated rings. The van der Waals surface area contributed by atoms with Crippen LogP contribution in [0.25, 0.3) is 0 Å². The van der Waals surface area contributed by atoms with Crippen molar-refractivity contribution in [3.8, 4) is 0 Å². The Morgan fingerprint density at radius 3 is 2.67 bits per heavy atom. The van der Waals surface area contributed by atoms with Crippen molar-refractivity contribution in [2.75, 3.05) is 12.4 Å². The number of fused-ring (bicyclic) bond motifs is 1. The highest BCUT2D eigenvalue weighted by Gasteiger charge is 2.26. The molecular weight excluding hydrogens is 324 g/mol. The van der Waals surface area contributed by atoms with Gasteiger partial charge < -0.3 is 10.6 Å². The van der Waals surface area contributed by atoms with E-state index in [2.05, 4.69) is 20.8 Å². The van der Waals surface area contributed by atoms with E-state index >= 15 is 0 Å². The second-order valence-electron chi connectivity index (χ2n) is 6.31. The Bertz CT molecular complexity index is 776. The second-order valence-corrected chi connectivity index (χ2v) is 7.42. The third-order valence-electron chi connectivity index (χ3n) is 4.30. The molecule has 7 heteroatoms. The number of nitrogens with zero attached hydrogens (tertiary/aromatic N) is 1. The van der Waals surface area contributed by atoms with Crippen molar-refractivity contribution in [1.82, 2.24) is 15.5 Å². The molecule has 3 N–H and O–H groups in total. The van der Waals surface area contributed by atoms with Crippen molar-refractivity contribution in [3.05, 3.63) is 33.5 Å². The smallest absolute Gasteiger partial charge is 0.276 e. The van der Waals surface area contributed by atoms with Crippen LogP contribution in [-0.2, 0) is 12.8 Å². The topological polar surface area (TPSA) is 86.9 Å². The molecule has 1 aliphatic rings. The lowest BCUT2D eigenvalue weighted by Crippen LogP contribution is -2.22. The minimum atomic E-state index is -0.290. The van der Waals surface area contributed by atoms with E-state index in [1.807, 2.05) is 13.8 Å². The molecule has 2 aromatic rings. The minimum absolute atomic E-state index is 0.144. The number of carbonyl (C=O) groups excluding carboxylic acids is 2. The Morgan fingerprint density at radius 1 is 1.25 bits per heavy atom. The lowest BCUT2D eigenvalue weighted by molar-refractivity contribution is 0.0963. The molecule has 0 aliphatic heterocycles. The molecular formula is C17H22N4O2S. The number of amides is 2. The van der Waals surface area contributed by atoms with Crippen molar-refractivity contribution < 1.29 is 9.59 Å². The monoisotopic (exact) mass is 346 g/mol. The number of nitrogens with one attached hydrogen (secondary N) is 3. The maximum absolute atomic E-state index is 12.5. The summed E-state index contributed by atoms with van der Waals surface area (Å²) in [4.78, 5) is 26.0. The third-order valence-corrected chi connectivity index (χ3v) is 5.51. The average Bonchev–Trinajstić information content (AvgIpc) is 3.18. The number of anilines is 1. The molecule has 0 spiro atoms. The quantitative estimate of drug-likeness (QED) is 0.795. The number of aryl methyl sites for hydroxylation is 1. The van der Waals surface area contributed by atoms with E-state index in [0.29, 0.717) is 16.3 Å². The summed E-state index contributed by atoms with van der Waals surface area (Å²) < 4.78 is 0. The van der Waals surface area contributed by atoms with Gasteiger partial charge in [-0.2, -0.15) is 5.10 Å². The van der Waals surface area contributed by atoms with Crippen LogP contribution in [0.5, 0.6) is 0 Å². The summed E-state index contributed by atoms with van der Waals surface area (Å²) in [6.45, 7) is 4.07. The molecule has 0 bridgehead atoms. The fourth-order valence-corrected chi connectivity index (χ4v) is 4.22. The van der Waals surface area contributed by atoms with Gasteiger partial charge in [0, 0.05) is 17.6 Å². The summed E-state index contributed by atoms with van der Waals surface area (Å²) in [6.07, 6.45) is 4.08.